The van der Waals surface area contributed by atoms with Crippen molar-refractivity contribution in [2.24, 2.45) is 0 Å². The van der Waals surface area contributed by atoms with Crippen molar-refractivity contribution < 1.29 is 13.5 Å². The zero-order valence-electron chi connectivity index (χ0n) is 8.41. The molecule has 1 nitrogen and oxygen atoms in total. The smallest absolute Gasteiger partial charge is 0.165 e. The van der Waals surface area contributed by atoms with Crippen LogP contribution in [0.5, 0.6) is 11.5 Å². The highest BCUT2D eigenvalue weighted by Crippen LogP contribution is 2.27. The lowest BCUT2D eigenvalue weighted by Gasteiger charge is -2.07. The highest BCUT2D eigenvalue weighted by Gasteiger charge is 2.07. The van der Waals surface area contributed by atoms with Crippen molar-refractivity contribution in [2.45, 2.75) is 0 Å². The molecule has 16 heavy (non-hydrogen) atoms. The van der Waals surface area contributed by atoms with E-state index in [4.69, 9.17) is 4.74 Å². The molecule has 0 aliphatic carbocycles. The molecule has 0 amide bonds. The molecule has 0 unspecified atom stereocenters. The number of hydrogen-bond donors (Lipinski definition) is 0. The van der Waals surface area contributed by atoms with Gasteiger partial charge in [-0.05, 0) is 36.8 Å². The van der Waals surface area contributed by atoms with Crippen LogP contribution in [-0.4, -0.2) is 0 Å². The van der Waals surface area contributed by atoms with E-state index in [2.05, 4.69) is 6.92 Å². The number of para-hydroxylation sites is 1. The maximum Gasteiger partial charge on any atom is 0.165 e. The Balaban J connectivity index is 2.34. The normalized spacial score (nSPS) is 10.2. The monoisotopic (exact) mass is 219 g/mol. The SMILES string of the molecule is [CH2]c1ccc(F)c(Oc2ccccc2F)c1. The Bertz CT molecular complexity index is 509. The van der Waals surface area contributed by atoms with Gasteiger partial charge in [0.15, 0.2) is 23.1 Å². The standard InChI is InChI=1S/C13H9F2O/c1-9-6-7-11(15)13(8-9)16-12-5-3-2-4-10(12)14/h2-8H,1H2. The highest BCUT2D eigenvalue weighted by molar-refractivity contribution is 5.36. The van der Waals surface area contributed by atoms with Gasteiger partial charge in [-0.3, -0.25) is 0 Å². The molecule has 0 aliphatic rings. The van der Waals surface area contributed by atoms with E-state index in [0.717, 1.165) is 0 Å². The Hall–Kier alpha value is -1.90. The maximum atomic E-state index is 13.3. The van der Waals surface area contributed by atoms with Gasteiger partial charge < -0.3 is 4.74 Å². The van der Waals surface area contributed by atoms with Crippen LogP contribution >= 0.6 is 0 Å². The molecule has 0 saturated carbocycles. The molecule has 0 fully saturated rings. The fourth-order valence-electron chi connectivity index (χ4n) is 1.27. The van der Waals surface area contributed by atoms with E-state index < -0.39 is 11.6 Å². The molecule has 1 radical (unpaired) electrons. The fourth-order valence-corrected chi connectivity index (χ4v) is 1.27. The second-order valence-electron chi connectivity index (χ2n) is 3.30. The van der Waals surface area contributed by atoms with Gasteiger partial charge in [-0.25, -0.2) is 8.78 Å². The van der Waals surface area contributed by atoms with E-state index in [1.54, 1.807) is 6.07 Å². The van der Waals surface area contributed by atoms with Crippen molar-refractivity contribution in [1.82, 2.24) is 0 Å². The lowest BCUT2D eigenvalue weighted by Crippen LogP contribution is -1.91. The van der Waals surface area contributed by atoms with Crippen molar-refractivity contribution in [3.05, 3.63) is 66.6 Å². The van der Waals surface area contributed by atoms with E-state index >= 15 is 0 Å². The van der Waals surface area contributed by atoms with Gasteiger partial charge in [-0.2, -0.15) is 0 Å². The number of benzene rings is 2. The summed E-state index contributed by atoms with van der Waals surface area (Å²) in [6.45, 7) is 3.65. The molecule has 0 aliphatic heterocycles. The number of rotatable bonds is 2. The molecule has 0 aromatic heterocycles. The van der Waals surface area contributed by atoms with Gasteiger partial charge in [0.05, 0.1) is 0 Å². The van der Waals surface area contributed by atoms with Crippen molar-refractivity contribution in [3.8, 4) is 11.5 Å². The summed E-state index contributed by atoms with van der Waals surface area (Å²) in [5, 5.41) is 0. The first-order valence-electron chi connectivity index (χ1n) is 4.71. The molecule has 0 bridgehead atoms. The molecular weight excluding hydrogens is 210 g/mol. The molecule has 2 aromatic rings. The van der Waals surface area contributed by atoms with Gasteiger partial charge in [0.2, 0.25) is 0 Å². The van der Waals surface area contributed by atoms with E-state index in [0.29, 0.717) is 5.56 Å². The Morgan fingerprint density at radius 3 is 2.31 bits per heavy atom. The molecule has 81 valence electrons. The fraction of sp³-hybridized carbons (Fsp3) is 0. The Morgan fingerprint density at radius 1 is 0.875 bits per heavy atom. The highest BCUT2D eigenvalue weighted by atomic mass is 19.1. The van der Waals surface area contributed by atoms with E-state index in [1.807, 2.05) is 0 Å². The van der Waals surface area contributed by atoms with Gasteiger partial charge in [0.25, 0.3) is 0 Å². The first-order chi connectivity index (χ1) is 7.66. The summed E-state index contributed by atoms with van der Waals surface area (Å²) >= 11 is 0. The molecule has 0 saturated heterocycles. The Labute approximate surface area is 92.3 Å². The van der Waals surface area contributed by atoms with Crippen LogP contribution < -0.4 is 4.74 Å². The zero-order valence-corrected chi connectivity index (χ0v) is 8.41. The summed E-state index contributed by atoms with van der Waals surface area (Å²) in [5.41, 5.74) is 0.604. The molecule has 0 spiro atoms. The van der Waals surface area contributed by atoms with Crippen LogP contribution in [0.25, 0.3) is 0 Å². The van der Waals surface area contributed by atoms with Gasteiger partial charge in [-0.1, -0.05) is 18.2 Å². The summed E-state index contributed by atoms with van der Waals surface area (Å²) in [7, 11) is 0. The predicted molar refractivity (Wildman–Crippen MR) is 57.3 cm³/mol. The first-order valence-corrected chi connectivity index (χ1v) is 4.71. The topological polar surface area (TPSA) is 9.23 Å². The quantitative estimate of drug-likeness (QED) is 0.743. The minimum absolute atomic E-state index is 0.00741. The van der Waals surface area contributed by atoms with Gasteiger partial charge >= 0.3 is 0 Å². The molecule has 2 aromatic carbocycles. The van der Waals surface area contributed by atoms with E-state index in [-0.39, 0.29) is 11.5 Å². The van der Waals surface area contributed by atoms with Crippen LogP contribution in [0.15, 0.2) is 42.5 Å². The van der Waals surface area contributed by atoms with Crippen LogP contribution in [0.1, 0.15) is 5.56 Å². The molecular formula is C13H9F2O. The lowest BCUT2D eigenvalue weighted by molar-refractivity contribution is 0.414. The third-order valence-corrected chi connectivity index (χ3v) is 2.05. The van der Waals surface area contributed by atoms with Crippen LogP contribution in [-0.2, 0) is 0 Å². The third-order valence-electron chi connectivity index (χ3n) is 2.05. The summed E-state index contributed by atoms with van der Waals surface area (Å²) in [6.07, 6.45) is 0. The largest absolute Gasteiger partial charge is 0.451 e. The molecule has 3 heteroatoms. The zero-order chi connectivity index (χ0) is 11.5. The molecule has 0 N–H and O–H groups in total. The summed E-state index contributed by atoms with van der Waals surface area (Å²) < 4.78 is 31.7. The van der Waals surface area contributed by atoms with Crippen LogP contribution in [0.4, 0.5) is 8.78 Å². The van der Waals surface area contributed by atoms with Gasteiger partial charge in [-0.15, -0.1) is 0 Å². The summed E-state index contributed by atoms with van der Waals surface area (Å²) in [5.74, 6) is -1.11. The van der Waals surface area contributed by atoms with Crippen molar-refractivity contribution in [2.75, 3.05) is 0 Å². The molecule has 0 atom stereocenters. The summed E-state index contributed by atoms with van der Waals surface area (Å²) in [6, 6.07) is 10.0. The molecule has 0 heterocycles. The number of halogens is 2. The van der Waals surface area contributed by atoms with Gasteiger partial charge in [0, 0.05) is 0 Å². The second-order valence-corrected chi connectivity index (χ2v) is 3.30. The van der Waals surface area contributed by atoms with Crippen molar-refractivity contribution >= 4 is 0 Å². The Morgan fingerprint density at radius 2 is 1.56 bits per heavy atom. The molecule has 2 rings (SSSR count). The third kappa shape index (κ3) is 2.19. The van der Waals surface area contributed by atoms with Crippen molar-refractivity contribution in [3.63, 3.8) is 0 Å². The average molecular weight is 219 g/mol. The predicted octanol–water partition coefficient (Wildman–Crippen LogP) is 3.94. The van der Waals surface area contributed by atoms with Crippen LogP contribution in [0.3, 0.4) is 0 Å². The Kier molecular flexibility index (Phi) is 2.86. The first kappa shape index (κ1) is 10.6. The van der Waals surface area contributed by atoms with E-state index in [9.17, 15) is 8.78 Å². The number of ether oxygens (including phenoxy) is 1. The number of hydrogen-bond acceptors (Lipinski definition) is 1. The van der Waals surface area contributed by atoms with Crippen LogP contribution in [0, 0.1) is 18.6 Å². The van der Waals surface area contributed by atoms with Gasteiger partial charge in [0.1, 0.15) is 0 Å². The maximum absolute atomic E-state index is 13.3. The second kappa shape index (κ2) is 4.31. The summed E-state index contributed by atoms with van der Waals surface area (Å²) in [4.78, 5) is 0. The van der Waals surface area contributed by atoms with Crippen LogP contribution in [0.2, 0.25) is 0 Å². The van der Waals surface area contributed by atoms with E-state index in [1.165, 1.54) is 36.4 Å². The minimum Gasteiger partial charge on any atom is -0.451 e. The average Bonchev–Trinajstić information content (AvgIpc) is 2.27. The lowest BCUT2D eigenvalue weighted by atomic mass is 10.2. The minimum atomic E-state index is -0.546. The van der Waals surface area contributed by atoms with Crippen molar-refractivity contribution in [1.29, 1.82) is 0 Å².